The molecule has 1 heterocycles. The highest BCUT2D eigenvalue weighted by Crippen LogP contribution is 2.37. The third-order valence-corrected chi connectivity index (χ3v) is 4.97. The molecule has 0 saturated heterocycles. The highest BCUT2D eigenvalue weighted by Gasteiger charge is 2.14. The summed E-state index contributed by atoms with van der Waals surface area (Å²) >= 11 is 6.45. The van der Waals surface area contributed by atoms with Crippen LogP contribution in [0.25, 0.3) is 0 Å². The summed E-state index contributed by atoms with van der Waals surface area (Å²) in [5.74, 6) is 0.683. The second kappa shape index (κ2) is 12.0. The lowest BCUT2D eigenvalue weighted by atomic mass is 10.1. The van der Waals surface area contributed by atoms with Crippen LogP contribution in [0.3, 0.4) is 0 Å². The van der Waals surface area contributed by atoms with Crippen LogP contribution in [0.4, 0.5) is 10.2 Å². The van der Waals surface area contributed by atoms with Gasteiger partial charge in [-0.15, -0.1) is 0 Å². The number of methoxy groups -OCH3 is 1. The Hall–Kier alpha value is -3.67. The standard InChI is InChI=1S/C25H24ClFN4O3/c1-4-33-23-11-17(10-21(26)24(23)34-15-18-7-5-6-8-22(18)27)13-29-31-25-20(12-28)19(14-32-3)9-16(2)30-25/h5-11,13H,4,14-15H2,1-3H3,(H,30,31)/b29-13+. The average Bonchev–Trinajstić information content (AvgIpc) is 2.80. The van der Waals surface area contributed by atoms with Crippen molar-refractivity contribution in [3.8, 4) is 17.6 Å². The van der Waals surface area contributed by atoms with Gasteiger partial charge < -0.3 is 14.2 Å². The van der Waals surface area contributed by atoms with Crippen LogP contribution in [0.5, 0.6) is 11.5 Å². The molecule has 0 aliphatic carbocycles. The highest BCUT2D eigenvalue weighted by atomic mass is 35.5. The second-order valence-corrected chi connectivity index (χ2v) is 7.61. The predicted molar refractivity (Wildman–Crippen MR) is 129 cm³/mol. The number of rotatable bonds is 10. The van der Waals surface area contributed by atoms with Crippen molar-refractivity contribution in [3.63, 3.8) is 0 Å². The highest BCUT2D eigenvalue weighted by molar-refractivity contribution is 6.32. The molecule has 2 aromatic carbocycles. The normalized spacial score (nSPS) is 10.8. The van der Waals surface area contributed by atoms with E-state index in [1.54, 1.807) is 43.5 Å². The topological polar surface area (TPSA) is 88.8 Å². The van der Waals surface area contributed by atoms with Crippen molar-refractivity contribution >= 4 is 23.6 Å². The van der Waals surface area contributed by atoms with Crippen molar-refractivity contribution in [1.82, 2.24) is 4.98 Å². The molecule has 1 aromatic heterocycles. The number of aromatic nitrogens is 1. The van der Waals surface area contributed by atoms with Crippen molar-refractivity contribution < 1.29 is 18.6 Å². The largest absolute Gasteiger partial charge is 0.490 e. The fourth-order valence-corrected chi connectivity index (χ4v) is 3.49. The van der Waals surface area contributed by atoms with Crippen LogP contribution in [0.2, 0.25) is 5.02 Å². The van der Waals surface area contributed by atoms with E-state index in [-0.39, 0.29) is 24.1 Å². The van der Waals surface area contributed by atoms with Gasteiger partial charge in [0.05, 0.1) is 24.5 Å². The summed E-state index contributed by atoms with van der Waals surface area (Å²) < 4.78 is 30.6. The predicted octanol–water partition coefficient (Wildman–Crippen LogP) is 5.62. The summed E-state index contributed by atoms with van der Waals surface area (Å²) in [6.45, 7) is 4.32. The quantitative estimate of drug-likeness (QED) is 0.298. The number of nitrogens with one attached hydrogen (secondary N) is 1. The Morgan fingerprint density at radius 2 is 1.97 bits per heavy atom. The van der Waals surface area contributed by atoms with Gasteiger partial charge in [-0.1, -0.05) is 29.8 Å². The summed E-state index contributed by atoms with van der Waals surface area (Å²) in [7, 11) is 1.56. The van der Waals surface area contributed by atoms with Crippen molar-refractivity contribution in [2.45, 2.75) is 27.1 Å². The number of pyridine rings is 1. The number of nitrogens with zero attached hydrogens (tertiary/aromatic N) is 3. The Morgan fingerprint density at radius 3 is 2.68 bits per heavy atom. The minimum atomic E-state index is -0.360. The molecule has 0 bridgehead atoms. The number of hydrazone groups is 1. The Balaban J connectivity index is 1.82. The van der Waals surface area contributed by atoms with Crippen molar-refractivity contribution in [1.29, 1.82) is 5.26 Å². The van der Waals surface area contributed by atoms with E-state index in [2.05, 4.69) is 21.6 Å². The van der Waals surface area contributed by atoms with E-state index in [0.29, 0.717) is 46.2 Å². The zero-order chi connectivity index (χ0) is 24.5. The number of anilines is 1. The van der Waals surface area contributed by atoms with Gasteiger partial charge in [-0.05, 0) is 43.7 Å². The molecule has 0 spiro atoms. The molecule has 0 radical (unpaired) electrons. The molecule has 0 aliphatic rings. The average molecular weight is 483 g/mol. The number of hydrogen-bond donors (Lipinski definition) is 1. The van der Waals surface area contributed by atoms with Gasteiger partial charge in [0.2, 0.25) is 0 Å². The van der Waals surface area contributed by atoms with Gasteiger partial charge in [0, 0.05) is 23.9 Å². The fourth-order valence-electron chi connectivity index (χ4n) is 3.21. The monoisotopic (exact) mass is 482 g/mol. The first kappa shape index (κ1) is 25.0. The Labute approximate surface area is 202 Å². The van der Waals surface area contributed by atoms with Gasteiger partial charge in [0.1, 0.15) is 24.1 Å². The zero-order valence-electron chi connectivity index (χ0n) is 19.1. The summed E-state index contributed by atoms with van der Waals surface area (Å²) in [6, 6.07) is 13.7. The molecule has 3 aromatic rings. The van der Waals surface area contributed by atoms with Crippen LogP contribution >= 0.6 is 11.6 Å². The molecule has 0 atom stereocenters. The molecule has 0 aliphatic heterocycles. The lowest BCUT2D eigenvalue weighted by Gasteiger charge is -2.15. The van der Waals surface area contributed by atoms with Crippen LogP contribution in [-0.2, 0) is 18.0 Å². The summed E-state index contributed by atoms with van der Waals surface area (Å²) in [5.41, 5.74) is 5.64. The molecule has 0 unspecified atom stereocenters. The molecule has 1 N–H and O–H groups in total. The number of hydrogen-bond acceptors (Lipinski definition) is 7. The first-order valence-electron chi connectivity index (χ1n) is 10.5. The summed E-state index contributed by atoms with van der Waals surface area (Å²) in [5, 5.41) is 14.0. The van der Waals surface area contributed by atoms with Crippen LogP contribution in [-0.4, -0.2) is 24.9 Å². The molecule has 3 rings (SSSR count). The molecule has 0 saturated carbocycles. The summed E-state index contributed by atoms with van der Waals surface area (Å²) in [4.78, 5) is 4.35. The zero-order valence-corrected chi connectivity index (χ0v) is 19.8. The van der Waals surface area contributed by atoms with E-state index in [1.165, 1.54) is 12.3 Å². The molecule has 176 valence electrons. The van der Waals surface area contributed by atoms with Gasteiger partial charge in [-0.3, -0.25) is 5.43 Å². The molecular formula is C25H24ClFN4O3. The first-order valence-corrected chi connectivity index (χ1v) is 10.9. The second-order valence-electron chi connectivity index (χ2n) is 7.20. The van der Waals surface area contributed by atoms with E-state index in [0.717, 1.165) is 5.69 Å². The summed E-state index contributed by atoms with van der Waals surface area (Å²) in [6.07, 6.45) is 1.52. The number of nitriles is 1. The van der Waals surface area contributed by atoms with Crippen LogP contribution in [0.1, 0.15) is 34.9 Å². The molecule has 0 amide bonds. The molecular weight excluding hydrogens is 459 g/mol. The number of ether oxygens (including phenoxy) is 3. The van der Waals surface area contributed by atoms with E-state index in [9.17, 15) is 9.65 Å². The van der Waals surface area contributed by atoms with E-state index in [1.807, 2.05) is 13.8 Å². The van der Waals surface area contributed by atoms with Gasteiger partial charge in [-0.25, -0.2) is 9.37 Å². The maximum atomic E-state index is 13.9. The smallest absolute Gasteiger partial charge is 0.180 e. The SMILES string of the molecule is CCOc1cc(/C=N/Nc2nc(C)cc(COC)c2C#N)cc(Cl)c1OCc1ccccc1F. The molecule has 7 nitrogen and oxygen atoms in total. The lowest BCUT2D eigenvalue weighted by molar-refractivity contribution is 0.184. The van der Waals surface area contributed by atoms with Crippen LogP contribution in [0.15, 0.2) is 47.6 Å². The van der Waals surface area contributed by atoms with Crippen molar-refractivity contribution in [2.24, 2.45) is 5.10 Å². The van der Waals surface area contributed by atoms with E-state index in [4.69, 9.17) is 25.8 Å². The molecule has 0 fully saturated rings. The Bertz CT molecular complexity index is 1230. The first-order chi connectivity index (χ1) is 16.5. The number of benzene rings is 2. The third-order valence-electron chi connectivity index (χ3n) is 4.69. The number of halogens is 2. The van der Waals surface area contributed by atoms with Crippen molar-refractivity contribution in [3.05, 3.63) is 81.3 Å². The Kier molecular flexibility index (Phi) is 8.79. The van der Waals surface area contributed by atoms with Crippen LogP contribution < -0.4 is 14.9 Å². The Morgan fingerprint density at radius 1 is 1.18 bits per heavy atom. The van der Waals surface area contributed by atoms with Gasteiger partial charge in [0.15, 0.2) is 17.3 Å². The minimum Gasteiger partial charge on any atom is -0.490 e. The van der Waals surface area contributed by atoms with Crippen molar-refractivity contribution in [2.75, 3.05) is 19.1 Å². The fraction of sp³-hybridized carbons (Fsp3) is 0.240. The third kappa shape index (κ3) is 6.22. The van der Waals surface area contributed by atoms with E-state index >= 15 is 0 Å². The number of aryl methyl sites for hydroxylation is 1. The maximum Gasteiger partial charge on any atom is 0.180 e. The van der Waals surface area contributed by atoms with Gasteiger partial charge in [-0.2, -0.15) is 10.4 Å². The molecule has 9 heteroatoms. The van der Waals surface area contributed by atoms with Gasteiger partial charge in [0.25, 0.3) is 0 Å². The van der Waals surface area contributed by atoms with E-state index < -0.39 is 0 Å². The van der Waals surface area contributed by atoms with Crippen LogP contribution in [0, 0.1) is 24.1 Å². The van der Waals surface area contributed by atoms with Gasteiger partial charge >= 0.3 is 0 Å². The minimum absolute atomic E-state index is 0.00122. The molecule has 34 heavy (non-hydrogen) atoms. The lowest BCUT2D eigenvalue weighted by Crippen LogP contribution is -2.04. The maximum absolute atomic E-state index is 13.9.